The fraction of sp³-hybridized carbons (Fsp3) is 0.391. The van der Waals surface area contributed by atoms with E-state index in [9.17, 15) is 9.90 Å². The molecule has 1 heterocycles. The summed E-state index contributed by atoms with van der Waals surface area (Å²) in [6, 6.07) is 9.67. The molecule has 1 aliphatic carbocycles. The van der Waals surface area contributed by atoms with Crippen LogP contribution in [-0.2, 0) is 4.79 Å². The number of benzene rings is 1. The van der Waals surface area contributed by atoms with Crippen LogP contribution in [0.3, 0.4) is 0 Å². The average Bonchev–Trinajstić information content (AvgIpc) is 2.91. The van der Waals surface area contributed by atoms with Crippen LogP contribution in [0.1, 0.15) is 32.4 Å². The van der Waals surface area contributed by atoms with E-state index in [0.29, 0.717) is 12.2 Å². The SMILES string of the molecule is CCN(CCO)C1C=CC(=NC2=C(C)N(C)C(c3ccccc3)C2=O)C(C)=C1. The van der Waals surface area contributed by atoms with E-state index in [1.54, 1.807) is 0 Å². The standard InChI is InChI=1S/C23H29N3O2/c1-5-26(13-14-27)19-11-12-20(16(2)15-19)24-21-17(3)25(4)22(23(21)28)18-9-7-6-8-10-18/h6-12,15,19,22,27H,5,13-14H2,1-4H3. The maximum atomic E-state index is 13.1. The zero-order chi connectivity index (χ0) is 20.3. The number of nitrogens with zero attached hydrogens (tertiary/aromatic N) is 3. The summed E-state index contributed by atoms with van der Waals surface area (Å²) in [4.78, 5) is 22.1. The molecular weight excluding hydrogens is 350 g/mol. The Balaban J connectivity index is 1.86. The lowest BCUT2D eigenvalue weighted by molar-refractivity contribution is -0.118. The van der Waals surface area contributed by atoms with Crippen LogP contribution in [0.25, 0.3) is 0 Å². The Bertz CT molecular complexity index is 852. The highest BCUT2D eigenvalue weighted by molar-refractivity contribution is 6.13. The maximum Gasteiger partial charge on any atom is 0.209 e. The van der Waals surface area contributed by atoms with Gasteiger partial charge in [0.05, 0.1) is 12.3 Å². The van der Waals surface area contributed by atoms with Crippen LogP contribution >= 0.6 is 0 Å². The van der Waals surface area contributed by atoms with Gasteiger partial charge < -0.3 is 10.0 Å². The third kappa shape index (κ3) is 3.86. The highest BCUT2D eigenvalue weighted by Gasteiger charge is 2.36. The van der Waals surface area contributed by atoms with Crippen molar-refractivity contribution in [1.29, 1.82) is 0 Å². The predicted molar refractivity (Wildman–Crippen MR) is 113 cm³/mol. The molecule has 1 aromatic rings. The number of hydrogen-bond acceptors (Lipinski definition) is 5. The second-order valence-corrected chi connectivity index (χ2v) is 7.27. The Hall–Kier alpha value is -2.50. The van der Waals surface area contributed by atoms with E-state index in [4.69, 9.17) is 4.99 Å². The number of aliphatic imine (C=N–C) groups is 1. The molecule has 1 N–H and O–H groups in total. The van der Waals surface area contributed by atoms with Gasteiger partial charge in [0, 0.05) is 25.3 Å². The van der Waals surface area contributed by atoms with Gasteiger partial charge in [-0.05, 0) is 37.6 Å². The number of hydrogen-bond donors (Lipinski definition) is 1. The van der Waals surface area contributed by atoms with Crippen LogP contribution in [0.15, 0.2) is 70.5 Å². The third-order valence-corrected chi connectivity index (χ3v) is 5.58. The van der Waals surface area contributed by atoms with Crippen LogP contribution in [0.2, 0.25) is 0 Å². The summed E-state index contributed by atoms with van der Waals surface area (Å²) < 4.78 is 0. The van der Waals surface area contributed by atoms with E-state index in [2.05, 4.69) is 24.0 Å². The molecule has 5 heteroatoms. The molecule has 1 aromatic carbocycles. The summed E-state index contributed by atoms with van der Waals surface area (Å²) in [5, 5.41) is 9.25. The molecule has 2 atom stereocenters. The third-order valence-electron chi connectivity index (χ3n) is 5.58. The summed E-state index contributed by atoms with van der Waals surface area (Å²) in [5.74, 6) is 0.0393. The molecule has 0 aromatic heterocycles. The van der Waals surface area contributed by atoms with Crippen molar-refractivity contribution in [2.24, 2.45) is 4.99 Å². The van der Waals surface area contributed by atoms with E-state index in [-0.39, 0.29) is 24.5 Å². The summed E-state index contributed by atoms with van der Waals surface area (Å²) >= 11 is 0. The minimum atomic E-state index is -0.315. The smallest absolute Gasteiger partial charge is 0.209 e. The minimum Gasteiger partial charge on any atom is -0.395 e. The monoisotopic (exact) mass is 379 g/mol. The molecule has 3 rings (SSSR count). The maximum absolute atomic E-state index is 13.1. The molecule has 28 heavy (non-hydrogen) atoms. The van der Waals surface area contributed by atoms with Crippen molar-refractivity contribution in [3.05, 3.63) is 71.1 Å². The van der Waals surface area contributed by atoms with Crippen molar-refractivity contribution in [2.75, 3.05) is 26.7 Å². The van der Waals surface area contributed by atoms with Crippen molar-refractivity contribution < 1.29 is 9.90 Å². The summed E-state index contributed by atoms with van der Waals surface area (Å²) in [6.07, 6.45) is 6.22. The minimum absolute atomic E-state index is 0.0393. The van der Waals surface area contributed by atoms with Gasteiger partial charge in [-0.3, -0.25) is 9.69 Å². The molecule has 2 unspecified atom stereocenters. The van der Waals surface area contributed by atoms with Crippen LogP contribution < -0.4 is 0 Å². The highest BCUT2D eigenvalue weighted by atomic mass is 16.3. The Morgan fingerprint density at radius 3 is 2.54 bits per heavy atom. The Morgan fingerprint density at radius 1 is 1.21 bits per heavy atom. The lowest BCUT2D eigenvalue weighted by atomic mass is 10.00. The van der Waals surface area contributed by atoms with Crippen LogP contribution in [0, 0.1) is 0 Å². The van der Waals surface area contributed by atoms with Crippen molar-refractivity contribution in [3.8, 4) is 0 Å². The lowest BCUT2D eigenvalue weighted by Crippen LogP contribution is -2.36. The fourth-order valence-corrected chi connectivity index (χ4v) is 3.83. The van der Waals surface area contributed by atoms with Crippen molar-refractivity contribution in [2.45, 2.75) is 32.9 Å². The second-order valence-electron chi connectivity index (χ2n) is 7.27. The number of allylic oxidation sites excluding steroid dienone is 3. The molecule has 0 bridgehead atoms. The van der Waals surface area contributed by atoms with Crippen molar-refractivity contribution in [3.63, 3.8) is 0 Å². The largest absolute Gasteiger partial charge is 0.395 e. The molecule has 148 valence electrons. The highest BCUT2D eigenvalue weighted by Crippen LogP contribution is 2.35. The van der Waals surface area contributed by atoms with E-state index < -0.39 is 0 Å². The van der Waals surface area contributed by atoms with Crippen LogP contribution in [-0.4, -0.2) is 59.2 Å². The number of ketones is 1. The quantitative estimate of drug-likeness (QED) is 0.825. The van der Waals surface area contributed by atoms with Gasteiger partial charge in [0.25, 0.3) is 0 Å². The van der Waals surface area contributed by atoms with Gasteiger partial charge in [-0.15, -0.1) is 0 Å². The van der Waals surface area contributed by atoms with E-state index >= 15 is 0 Å². The molecule has 5 nitrogen and oxygen atoms in total. The van der Waals surface area contributed by atoms with Gasteiger partial charge in [-0.2, -0.15) is 0 Å². The fourth-order valence-electron chi connectivity index (χ4n) is 3.83. The molecule has 0 saturated carbocycles. The first-order valence-corrected chi connectivity index (χ1v) is 9.81. The second kappa shape index (κ2) is 8.67. The summed E-state index contributed by atoms with van der Waals surface area (Å²) in [5.41, 5.74) is 4.28. The van der Waals surface area contributed by atoms with Crippen molar-refractivity contribution in [1.82, 2.24) is 9.80 Å². The van der Waals surface area contributed by atoms with Gasteiger partial charge in [0.1, 0.15) is 11.7 Å². The van der Waals surface area contributed by atoms with Crippen LogP contribution in [0.5, 0.6) is 0 Å². The van der Waals surface area contributed by atoms with Gasteiger partial charge in [-0.1, -0.05) is 49.4 Å². The Kier molecular flexibility index (Phi) is 6.27. The molecule has 2 aliphatic rings. The number of Topliss-reactive ketones (excluding diaryl/α,β-unsaturated/α-hetero) is 1. The molecule has 0 radical (unpaired) electrons. The average molecular weight is 380 g/mol. The summed E-state index contributed by atoms with van der Waals surface area (Å²) in [6.45, 7) is 7.69. The van der Waals surface area contributed by atoms with E-state index in [0.717, 1.165) is 29.1 Å². The number of carbonyl (C=O) groups is 1. The zero-order valence-corrected chi connectivity index (χ0v) is 17.1. The lowest BCUT2D eigenvalue weighted by Gasteiger charge is -2.28. The number of aliphatic hydroxyl groups excluding tert-OH is 1. The Labute approximate surface area is 167 Å². The Morgan fingerprint density at radius 2 is 1.93 bits per heavy atom. The van der Waals surface area contributed by atoms with Crippen molar-refractivity contribution >= 4 is 11.5 Å². The number of carbonyl (C=O) groups excluding carboxylic acids is 1. The van der Waals surface area contributed by atoms with E-state index in [1.165, 1.54) is 0 Å². The summed E-state index contributed by atoms with van der Waals surface area (Å²) in [7, 11) is 1.95. The van der Waals surface area contributed by atoms with Gasteiger partial charge >= 0.3 is 0 Å². The number of likely N-dealkylation sites (N-methyl/N-ethyl adjacent to an activating group) is 2. The van der Waals surface area contributed by atoms with Gasteiger partial charge in [0.2, 0.25) is 5.78 Å². The molecule has 0 amide bonds. The predicted octanol–water partition coefficient (Wildman–Crippen LogP) is 3.11. The normalized spacial score (nSPS) is 23.9. The molecule has 0 saturated heterocycles. The first-order chi connectivity index (χ1) is 13.5. The van der Waals surface area contributed by atoms with Crippen LogP contribution in [0.4, 0.5) is 0 Å². The molecule has 0 fully saturated rings. The first kappa shape index (κ1) is 20.2. The topological polar surface area (TPSA) is 56.1 Å². The molecule has 0 spiro atoms. The van der Waals surface area contributed by atoms with E-state index in [1.807, 2.05) is 62.2 Å². The molecular formula is C23H29N3O2. The number of aliphatic hydroxyl groups is 1. The zero-order valence-electron chi connectivity index (χ0n) is 17.1. The van der Waals surface area contributed by atoms with Gasteiger partial charge in [-0.25, -0.2) is 4.99 Å². The number of rotatable bonds is 6. The first-order valence-electron chi connectivity index (χ1n) is 9.81. The molecule has 1 aliphatic heterocycles. The van der Waals surface area contributed by atoms with Gasteiger partial charge in [0.15, 0.2) is 0 Å².